The highest BCUT2D eigenvalue weighted by Crippen LogP contribution is 2.26. The Morgan fingerprint density at radius 3 is 2.75 bits per heavy atom. The van der Waals surface area contributed by atoms with Gasteiger partial charge in [-0.25, -0.2) is 12.8 Å². The maximum Gasteiger partial charge on any atom is 0.271 e. The summed E-state index contributed by atoms with van der Waals surface area (Å²) in [6.45, 7) is -0.0592. The van der Waals surface area contributed by atoms with Crippen LogP contribution in [-0.2, 0) is 16.4 Å². The second-order valence-corrected chi connectivity index (χ2v) is 7.44. The molecule has 0 amide bonds. The van der Waals surface area contributed by atoms with Gasteiger partial charge in [-0.15, -0.1) is 11.3 Å². The molecule has 0 saturated heterocycles. The minimum absolute atomic E-state index is 0.0559. The van der Waals surface area contributed by atoms with Crippen molar-refractivity contribution >= 4 is 38.6 Å². The lowest BCUT2D eigenvalue weighted by molar-refractivity contribution is 0.300. The first kappa shape index (κ1) is 15.2. The average molecular weight is 336 g/mol. The summed E-state index contributed by atoms with van der Waals surface area (Å²) in [6.07, 6.45) is 0.381. The van der Waals surface area contributed by atoms with Crippen LogP contribution in [0.1, 0.15) is 4.88 Å². The highest BCUT2D eigenvalue weighted by Gasteiger charge is 2.18. The molecule has 20 heavy (non-hydrogen) atoms. The van der Waals surface area contributed by atoms with Gasteiger partial charge in [0.15, 0.2) is 0 Å². The zero-order chi connectivity index (χ0) is 14.8. The summed E-state index contributed by atoms with van der Waals surface area (Å²) in [5, 5.41) is 9.04. The molecule has 0 fully saturated rings. The normalized spacial score (nSPS) is 11.6. The molecule has 1 aromatic heterocycles. The summed E-state index contributed by atoms with van der Waals surface area (Å²) in [4.78, 5) is 0.736. The highest BCUT2D eigenvalue weighted by atomic mass is 35.5. The minimum Gasteiger partial charge on any atom is -0.396 e. The Hall–Kier alpha value is -1.15. The van der Waals surface area contributed by atoms with Crippen molar-refractivity contribution in [2.45, 2.75) is 10.6 Å². The van der Waals surface area contributed by atoms with Crippen molar-refractivity contribution in [1.29, 1.82) is 0 Å². The smallest absolute Gasteiger partial charge is 0.271 e. The molecule has 108 valence electrons. The number of anilines is 1. The molecule has 1 heterocycles. The summed E-state index contributed by atoms with van der Waals surface area (Å²) in [6, 6.07) is 6.66. The quantitative estimate of drug-likeness (QED) is 0.883. The van der Waals surface area contributed by atoms with Crippen molar-refractivity contribution < 1.29 is 17.9 Å². The molecule has 2 rings (SSSR count). The van der Waals surface area contributed by atoms with E-state index < -0.39 is 15.8 Å². The predicted molar refractivity (Wildman–Crippen MR) is 77.3 cm³/mol. The second-order valence-electron chi connectivity index (χ2n) is 3.92. The molecule has 2 N–H and O–H groups in total. The second kappa shape index (κ2) is 6.09. The number of benzene rings is 1. The van der Waals surface area contributed by atoms with E-state index in [2.05, 4.69) is 4.72 Å². The van der Waals surface area contributed by atoms with E-state index >= 15 is 0 Å². The largest absolute Gasteiger partial charge is 0.396 e. The molecular formula is C12H11ClFNO3S2. The van der Waals surface area contributed by atoms with Crippen molar-refractivity contribution in [2.75, 3.05) is 11.3 Å². The number of sulfonamides is 1. The number of hydrogen-bond acceptors (Lipinski definition) is 4. The van der Waals surface area contributed by atoms with E-state index in [9.17, 15) is 12.8 Å². The monoisotopic (exact) mass is 335 g/mol. The first-order valence-electron chi connectivity index (χ1n) is 5.60. The molecule has 0 atom stereocenters. The lowest BCUT2D eigenvalue weighted by Crippen LogP contribution is -2.12. The van der Waals surface area contributed by atoms with Gasteiger partial charge in [0.1, 0.15) is 10.0 Å². The Labute approximate surface area is 124 Å². The molecule has 0 spiro atoms. The molecule has 2 aromatic rings. The van der Waals surface area contributed by atoms with Crippen LogP contribution in [-0.4, -0.2) is 20.1 Å². The number of thiophene rings is 1. The van der Waals surface area contributed by atoms with Crippen molar-refractivity contribution in [3.05, 3.63) is 46.0 Å². The van der Waals surface area contributed by atoms with E-state index in [-0.39, 0.29) is 21.5 Å². The molecule has 0 bridgehead atoms. The van der Waals surface area contributed by atoms with E-state index in [4.69, 9.17) is 16.7 Å². The Balaban J connectivity index is 2.28. The van der Waals surface area contributed by atoms with Gasteiger partial charge in [0.2, 0.25) is 0 Å². The standard InChI is InChI=1S/C12H11ClFNO3S2/c13-8-1-3-10(14)11(7-8)15-20(17,18)12-4-2-9(19-12)5-6-16/h1-4,7,15-16H,5-6H2. The average Bonchev–Trinajstić information content (AvgIpc) is 2.83. The van der Waals surface area contributed by atoms with Gasteiger partial charge in [-0.1, -0.05) is 11.6 Å². The summed E-state index contributed by atoms with van der Waals surface area (Å²) in [5.41, 5.74) is -0.199. The third kappa shape index (κ3) is 3.49. The Morgan fingerprint density at radius 1 is 1.30 bits per heavy atom. The van der Waals surface area contributed by atoms with E-state index in [1.807, 2.05) is 0 Å². The van der Waals surface area contributed by atoms with Gasteiger partial charge in [0, 0.05) is 22.9 Å². The maximum absolute atomic E-state index is 13.5. The molecule has 0 aliphatic carbocycles. The maximum atomic E-state index is 13.5. The van der Waals surface area contributed by atoms with Crippen molar-refractivity contribution in [3.63, 3.8) is 0 Å². The fraction of sp³-hybridized carbons (Fsp3) is 0.167. The summed E-state index contributed by atoms with van der Waals surface area (Å²) < 4.78 is 40.0. The number of hydrogen-bond donors (Lipinski definition) is 2. The zero-order valence-corrected chi connectivity index (χ0v) is 12.5. The number of nitrogens with one attached hydrogen (secondary N) is 1. The zero-order valence-electron chi connectivity index (χ0n) is 10.1. The van der Waals surface area contributed by atoms with Crippen LogP contribution < -0.4 is 4.72 Å². The number of halogens is 2. The van der Waals surface area contributed by atoms with E-state index in [1.165, 1.54) is 18.2 Å². The topological polar surface area (TPSA) is 66.4 Å². The first-order chi connectivity index (χ1) is 9.42. The lowest BCUT2D eigenvalue weighted by Gasteiger charge is -2.07. The SMILES string of the molecule is O=S(=O)(Nc1cc(Cl)ccc1F)c1ccc(CCO)s1. The predicted octanol–water partition coefficient (Wildman–Crippen LogP) is 2.88. The van der Waals surface area contributed by atoms with Crippen molar-refractivity contribution in [3.8, 4) is 0 Å². The van der Waals surface area contributed by atoms with Crippen LogP contribution in [0, 0.1) is 5.82 Å². The fourth-order valence-electron chi connectivity index (χ4n) is 1.52. The molecule has 4 nitrogen and oxygen atoms in total. The van der Waals surface area contributed by atoms with Crippen LogP contribution in [0.25, 0.3) is 0 Å². The lowest BCUT2D eigenvalue weighted by atomic mass is 10.3. The molecule has 0 unspecified atom stereocenters. The van der Waals surface area contributed by atoms with Crippen LogP contribution in [0.3, 0.4) is 0 Å². The molecule has 0 saturated carbocycles. The van der Waals surface area contributed by atoms with Gasteiger partial charge in [0.05, 0.1) is 5.69 Å². The van der Waals surface area contributed by atoms with Crippen molar-refractivity contribution in [1.82, 2.24) is 0 Å². The van der Waals surface area contributed by atoms with Gasteiger partial charge >= 0.3 is 0 Å². The summed E-state index contributed by atoms with van der Waals surface area (Å²) in [5.74, 6) is -0.704. The number of aliphatic hydroxyl groups is 1. The van der Waals surface area contributed by atoms with Gasteiger partial charge in [0.25, 0.3) is 10.0 Å². The van der Waals surface area contributed by atoms with Gasteiger partial charge < -0.3 is 5.11 Å². The van der Waals surface area contributed by atoms with Gasteiger partial charge in [-0.3, -0.25) is 4.72 Å². The van der Waals surface area contributed by atoms with E-state index in [1.54, 1.807) is 6.07 Å². The fourth-order valence-corrected chi connectivity index (χ4v) is 4.09. The van der Waals surface area contributed by atoms with Crippen molar-refractivity contribution in [2.24, 2.45) is 0 Å². The summed E-state index contributed by atoms with van der Waals surface area (Å²) in [7, 11) is -3.86. The van der Waals surface area contributed by atoms with Crippen LogP contribution in [0.2, 0.25) is 5.02 Å². The third-order valence-electron chi connectivity index (χ3n) is 2.43. The number of aliphatic hydroxyl groups excluding tert-OH is 1. The molecule has 0 aliphatic heterocycles. The molecule has 1 aromatic carbocycles. The van der Waals surface area contributed by atoms with Crippen LogP contribution in [0.4, 0.5) is 10.1 Å². The molecule has 0 radical (unpaired) electrons. The van der Waals surface area contributed by atoms with E-state index in [0.717, 1.165) is 22.3 Å². The number of rotatable bonds is 5. The van der Waals surface area contributed by atoms with Gasteiger partial charge in [-0.05, 0) is 30.3 Å². The molecule has 0 aliphatic rings. The van der Waals surface area contributed by atoms with Crippen LogP contribution >= 0.6 is 22.9 Å². The first-order valence-corrected chi connectivity index (χ1v) is 8.27. The Bertz CT molecular complexity index is 715. The van der Waals surface area contributed by atoms with Crippen LogP contribution in [0.5, 0.6) is 0 Å². The minimum atomic E-state index is -3.86. The van der Waals surface area contributed by atoms with Crippen LogP contribution in [0.15, 0.2) is 34.5 Å². The van der Waals surface area contributed by atoms with E-state index in [0.29, 0.717) is 6.42 Å². The summed E-state index contributed by atoms with van der Waals surface area (Å²) >= 11 is 6.74. The Kier molecular flexibility index (Phi) is 4.64. The molecule has 8 heteroatoms. The molecular weight excluding hydrogens is 325 g/mol. The highest BCUT2D eigenvalue weighted by molar-refractivity contribution is 7.94. The van der Waals surface area contributed by atoms with Gasteiger partial charge in [-0.2, -0.15) is 0 Å². The Morgan fingerprint density at radius 2 is 2.05 bits per heavy atom. The third-order valence-corrected chi connectivity index (χ3v) is 5.67.